The van der Waals surface area contributed by atoms with Crippen molar-refractivity contribution in [2.45, 2.75) is 32.6 Å². The number of hydrogen-bond acceptors (Lipinski definition) is 2. The zero-order valence-electron chi connectivity index (χ0n) is 14.9. The highest BCUT2D eigenvalue weighted by molar-refractivity contribution is 6.16. The van der Waals surface area contributed by atoms with Gasteiger partial charge in [-0.15, -0.1) is 6.58 Å². The molecular formula is C23H26O2. The van der Waals surface area contributed by atoms with Crippen LogP contribution in [0.25, 0.3) is 0 Å². The first-order valence-corrected chi connectivity index (χ1v) is 9.00. The fourth-order valence-corrected chi connectivity index (χ4v) is 3.12. The second kappa shape index (κ2) is 9.73. The van der Waals surface area contributed by atoms with E-state index in [9.17, 15) is 9.59 Å². The number of Topliss-reactive ketones (excluding diaryl/α,β-unsaturated/α-hetero) is 2. The number of unbranched alkanes of at least 4 members (excludes halogenated alkanes) is 2. The van der Waals surface area contributed by atoms with Gasteiger partial charge in [0.25, 0.3) is 0 Å². The third kappa shape index (κ3) is 4.99. The molecule has 1 atom stereocenters. The Bertz CT molecular complexity index is 637. The number of benzene rings is 2. The van der Waals surface area contributed by atoms with E-state index in [0.717, 1.165) is 25.7 Å². The summed E-state index contributed by atoms with van der Waals surface area (Å²) in [6.45, 7) is 6.05. The standard InChI is InChI=1S/C23H26O2/c1-3-5-8-13-18(4-2)21(22(24)19-14-9-6-10-15-19)23(25)20-16-11-7-12-17-20/h4,6-7,9-12,14-18,21H,2-3,5,8,13H2,1H3. The zero-order chi connectivity index (χ0) is 18.1. The highest BCUT2D eigenvalue weighted by Crippen LogP contribution is 2.28. The van der Waals surface area contributed by atoms with Gasteiger partial charge in [0.1, 0.15) is 0 Å². The van der Waals surface area contributed by atoms with Crippen LogP contribution in [-0.2, 0) is 0 Å². The Morgan fingerprint density at radius 2 is 1.36 bits per heavy atom. The molecular weight excluding hydrogens is 308 g/mol. The van der Waals surface area contributed by atoms with Crippen molar-refractivity contribution in [2.75, 3.05) is 0 Å². The van der Waals surface area contributed by atoms with Gasteiger partial charge in [-0.1, -0.05) is 92.9 Å². The second-order valence-electron chi connectivity index (χ2n) is 6.33. The molecule has 2 aromatic rings. The summed E-state index contributed by atoms with van der Waals surface area (Å²) in [6, 6.07) is 18.2. The number of allylic oxidation sites excluding steroid dienone is 1. The summed E-state index contributed by atoms with van der Waals surface area (Å²) in [4.78, 5) is 26.2. The van der Waals surface area contributed by atoms with Crippen molar-refractivity contribution >= 4 is 11.6 Å². The van der Waals surface area contributed by atoms with Crippen LogP contribution < -0.4 is 0 Å². The van der Waals surface area contributed by atoms with Crippen LogP contribution in [0.4, 0.5) is 0 Å². The van der Waals surface area contributed by atoms with Crippen LogP contribution in [0.15, 0.2) is 73.3 Å². The van der Waals surface area contributed by atoms with Crippen LogP contribution in [0.2, 0.25) is 0 Å². The SMILES string of the molecule is C=CC(CCCCC)C(C(=O)c1ccccc1)C(=O)c1ccccc1. The monoisotopic (exact) mass is 334 g/mol. The van der Waals surface area contributed by atoms with E-state index in [-0.39, 0.29) is 17.5 Å². The lowest BCUT2D eigenvalue weighted by Gasteiger charge is -2.23. The first-order chi connectivity index (χ1) is 12.2. The molecule has 0 aliphatic carbocycles. The lowest BCUT2D eigenvalue weighted by atomic mass is 9.78. The first-order valence-electron chi connectivity index (χ1n) is 9.00. The van der Waals surface area contributed by atoms with Crippen LogP contribution in [0, 0.1) is 11.8 Å². The Labute approximate surface area is 150 Å². The van der Waals surface area contributed by atoms with Crippen molar-refractivity contribution in [3.05, 3.63) is 84.4 Å². The molecule has 130 valence electrons. The number of carbonyl (C=O) groups excluding carboxylic acids is 2. The average molecular weight is 334 g/mol. The minimum atomic E-state index is -0.709. The van der Waals surface area contributed by atoms with Gasteiger partial charge in [0.15, 0.2) is 11.6 Å². The van der Waals surface area contributed by atoms with Gasteiger partial charge in [-0.25, -0.2) is 0 Å². The normalized spacial score (nSPS) is 11.9. The summed E-state index contributed by atoms with van der Waals surface area (Å²) in [6.07, 6.45) is 5.78. The fraction of sp³-hybridized carbons (Fsp3) is 0.304. The average Bonchev–Trinajstić information content (AvgIpc) is 2.68. The van der Waals surface area contributed by atoms with E-state index in [2.05, 4.69) is 13.5 Å². The summed E-state index contributed by atoms with van der Waals surface area (Å²) < 4.78 is 0. The largest absolute Gasteiger partial charge is 0.293 e. The molecule has 0 N–H and O–H groups in total. The molecule has 25 heavy (non-hydrogen) atoms. The summed E-state index contributed by atoms with van der Waals surface area (Å²) >= 11 is 0. The van der Waals surface area contributed by atoms with Crippen LogP contribution >= 0.6 is 0 Å². The number of ketones is 2. The van der Waals surface area contributed by atoms with Crippen molar-refractivity contribution in [3.8, 4) is 0 Å². The first kappa shape index (κ1) is 18.9. The molecule has 0 saturated heterocycles. The molecule has 2 heteroatoms. The third-order valence-electron chi connectivity index (χ3n) is 4.55. The minimum absolute atomic E-state index is 0.115. The maximum absolute atomic E-state index is 13.1. The van der Waals surface area contributed by atoms with Gasteiger partial charge in [-0.2, -0.15) is 0 Å². The molecule has 0 aliphatic heterocycles. The molecule has 2 nitrogen and oxygen atoms in total. The molecule has 0 spiro atoms. The van der Waals surface area contributed by atoms with Gasteiger partial charge in [0, 0.05) is 11.1 Å². The van der Waals surface area contributed by atoms with Crippen molar-refractivity contribution in [2.24, 2.45) is 11.8 Å². The van der Waals surface area contributed by atoms with Crippen molar-refractivity contribution < 1.29 is 9.59 Å². The zero-order valence-corrected chi connectivity index (χ0v) is 14.9. The summed E-state index contributed by atoms with van der Waals surface area (Å²) in [5.41, 5.74) is 1.17. The molecule has 0 aromatic heterocycles. The van der Waals surface area contributed by atoms with Crippen LogP contribution in [0.1, 0.15) is 53.3 Å². The minimum Gasteiger partial charge on any atom is -0.293 e. The molecule has 0 bridgehead atoms. The van der Waals surface area contributed by atoms with E-state index in [4.69, 9.17) is 0 Å². The van der Waals surface area contributed by atoms with E-state index >= 15 is 0 Å². The van der Waals surface area contributed by atoms with E-state index in [1.165, 1.54) is 0 Å². The Morgan fingerprint density at radius 3 is 1.76 bits per heavy atom. The fourth-order valence-electron chi connectivity index (χ4n) is 3.12. The smallest absolute Gasteiger partial charge is 0.174 e. The van der Waals surface area contributed by atoms with Gasteiger partial charge in [-0.3, -0.25) is 9.59 Å². The topological polar surface area (TPSA) is 34.1 Å². The maximum atomic E-state index is 13.1. The Hall–Kier alpha value is -2.48. The van der Waals surface area contributed by atoms with Gasteiger partial charge < -0.3 is 0 Å². The Kier molecular flexibility index (Phi) is 7.34. The third-order valence-corrected chi connectivity index (χ3v) is 4.55. The molecule has 0 amide bonds. The van der Waals surface area contributed by atoms with E-state index in [0.29, 0.717) is 11.1 Å². The predicted molar refractivity (Wildman–Crippen MR) is 103 cm³/mol. The molecule has 0 radical (unpaired) electrons. The van der Waals surface area contributed by atoms with Crippen molar-refractivity contribution in [3.63, 3.8) is 0 Å². The summed E-state index contributed by atoms with van der Waals surface area (Å²) in [5.74, 6) is -1.09. The predicted octanol–water partition coefficient (Wildman–Crippen LogP) is 5.75. The molecule has 0 aliphatic rings. The molecule has 2 rings (SSSR count). The molecule has 0 heterocycles. The van der Waals surface area contributed by atoms with Crippen molar-refractivity contribution in [1.82, 2.24) is 0 Å². The van der Waals surface area contributed by atoms with E-state index < -0.39 is 5.92 Å². The quantitative estimate of drug-likeness (QED) is 0.240. The summed E-state index contributed by atoms with van der Waals surface area (Å²) in [5, 5.41) is 0. The van der Waals surface area contributed by atoms with Crippen LogP contribution in [0.3, 0.4) is 0 Å². The second-order valence-corrected chi connectivity index (χ2v) is 6.33. The lowest BCUT2D eigenvalue weighted by molar-refractivity contribution is 0.0766. The molecule has 2 aromatic carbocycles. The molecule has 0 saturated carbocycles. The highest BCUT2D eigenvalue weighted by Gasteiger charge is 2.33. The van der Waals surface area contributed by atoms with Gasteiger partial charge in [0.05, 0.1) is 5.92 Å². The molecule has 1 unspecified atom stereocenters. The lowest BCUT2D eigenvalue weighted by Crippen LogP contribution is -2.31. The van der Waals surface area contributed by atoms with Crippen LogP contribution in [-0.4, -0.2) is 11.6 Å². The Morgan fingerprint density at radius 1 is 0.880 bits per heavy atom. The van der Waals surface area contributed by atoms with E-state index in [1.807, 2.05) is 36.4 Å². The Balaban J connectivity index is 2.34. The number of rotatable bonds is 10. The van der Waals surface area contributed by atoms with Crippen LogP contribution in [0.5, 0.6) is 0 Å². The van der Waals surface area contributed by atoms with Gasteiger partial charge in [-0.05, 0) is 12.3 Å². The number of carbonyl (C=O) groups is 2. The van der Waals surface area contributed by atoms with Gasteiger partial charge in [0.2, 0.25) is 0 Å². The van der Waals surface area contributed by atoms with Gasteiger partial charge >= 0.3 is 0 Å². The van der Waals surface area contributed by atoms with Crippen molar-refractivity contribution in [1.29, 1.82) is 0 Å². The summed E-state index contributed by atoms with van der Waals surface area (Å²) in [7, 11) is 0. The number of hydrogen-bond donors (Lipinski definition) is 0. The highest BCUT2D eigenvalue weighted by atomic mass is 16.2. The molecule has 0 fully saturated rings. The maximum Gasteiger partial charge on any atom is 0.174 e. The van der Waals surface area contributed by atoms with E-state index in [1.54, 1.807) is 30.3 Å².